The first-order chi connectivity index (χ1) is 12.0. The number of anilines is 2. The van der Waals surface area contributed by atoms with Gasteiger partial charge in [0.15, 0.2) is 0 Å². The van der Waals surface area contributed by atoms with Crippen molar-refractivity contribution in [1.29, 1.82) is 0 Å². The van der Waals surface area contributed by atoms with Gasteiger partial charge in [0, 0.05) is 42.4 Å². The number of benzene rings is 1. The SMILES string of the molecule is Cc1ccc(S(=O)(=O)Nc2ccc(NCCN3CCOCC3)cc2)s1. The predicted molar refractivity (Wildman–Crippen MR) is 102 cm³/mol. The van der Waals surface area contributed by atoms with E-state index >= 15 is 0 Å². The van der Waals surface area contributed by atoms with E-state index in [-0.39, 0.29) is 0 Å². The molecule has 6 nitrogen and oxygen atoms in total. The minimum absolute atomic E-state index is 0.331. The first-order valence-electron chi connectivity index (χ1n) is 8.26. The van der Waals surface area contributed by atoms with E-state index in [4.69, 9.17) is 4.74 Å². The first kappa shape index (κ1) is 18.2. The van der Waals surface area contributed by atoms with Crippen LogP contribution in [-0.2, 0) is 14.8 Å². The van der Waals surface area contributed by atoms with Gasteiger partial charge in [-0.25, -0.2) is 8.42 Å². The zero-order valence-electron chi connectivity index (χ0n) is 14.2. The smallest absolute Gasteiger partial charge is 0.271 e. The molecule has 136 valence electrons. The van der Waals surface area contributed by atoms with Crippen molar-refractivity contribution in [3.63, 3.8) is 0 Å². The number of rotatable bonds is 7. The van der Waals surface area contributed by atoms with Gasteiger partial charge < -0.3 is 10.1 Å². The van der Waals surface area contributed by atoms with E-state index in [0.29, 0.717) is 9.90 Å². The molecule has 0 spiro atoms. The Kier molecular flexibility index (Phi) is 5.95. The number of thiophene rings is 1. The molecule has 1 saturated heterocycles. The van der Waals surface area contributed by atoms with Crippen LogP contribution in [0.1, 0.15) is 4.88 Å². The standard InChI is InChI=1S/C17H23N3O3S2/c1-14-2-7-17(24-14)25(21,22)19-16-5-3-15(4-6-16)18-8-9-20-10-12-23-13-11-20/h2-7,18-19H,8-13H2,1H3. The predicted octanol–water partition coefficient (Wildman–Crippen LogP) is 2.60. The number of hydrogen-bond donors (Lipinski definition) is 2. The molecule has 0 saturated carbocycles. The summed E-state index contributed by atoms with van der Waals surface area (Å²) in [4.78, 5) is 3.34. The molecule has 2 heterocycles. The number of ether oxygens (including phenoxy) is 1. The fourth-order valence-corrected chi connectivity index (χ4v) is 4.94. The van der Waals surface area contributed by atoms with Crippen LogP contribution in [0.5, 0.6) is 0 Å². The molecule has 0 amide bonds. The quantitative estimate of drug-likeness (QED) is 0.771. The second-order valence-corrected chi connectivity index (χ2v) is 9.13. The van der Waals surface area contributed by atoms with Crippen LogP contribution in [0, 0.1) is 6.92 Å². The fraction of sp³-hybridized carbons (Fsp3) is 0.412. The van der Waals surface area contributed by atoms with Crippen molar-refractivity contribution >= 4 is 32.7 Å². The second kappa shape index (κ2) is 8.18. The average molecular weight is 382 g/mol. The van der Waals surface area contributed by atoms with Crippen molar-refractivity contribution in [2.45, 2.75) is 11.1 Å². The van der Waals surface area contributed by atoms with Gasteiger partial charge in [-0.2, -0.15) is 0 Å². The molecule has 8 heteroatoms. The van der Waals surface area contributed by atoms with Crippen LogP contribution in [0.25, 0.3) is 0 Å². The molecule has 25 heavy (non-hydrogen) atoms. The highest BCUT2D eigenvalue weighted by Crippen LogP contribution is 2.24. The van der Waals surface area contributed by atoms with Crippen molar-refractivity contribution in [1.82, 2.24) is 4.90 Å². The summed E-state index contributed by atoms with van der Waals surface area (Å²) in [6.07, 6.45) is 0. The maximum Gasteiger partial charge on any atom is 0.271 e. The fourth-order valence-electron chi connectivity index (χ4n) is 2.60. The van der Waals surface area contributed by atoms with E-state index < -0.39 is 10.0 Å². The number of aryl methyl sites for hydroxylation is 1. The Morgan fingerprint density at radius 1 is 1.08 bits per heavy atom. The second-order valence-electron chi connectivity index (χ2n) is 5.93. The molecule has 1 aromatic heterocycles. The van der Waals surface area contributed by atoms with Crippen molar-refractivity contribution < 1.29 is 13.2 Å². The van der Waals surface area contributed by atoms with Crippen molar-refractivity contribution in [2.75, 3.05) is 49.4 Å². The van der Waals surface area contributed by atoms with Gasteiger partial charge in [0.1, 0.15) is 4.21 Å². The van der Waals surface area contributed by atoms with Gasteiger partial charge in [-0.15, -0.1) is 11.3 Å². The molecule has 0 bridgehead atoms. The highest BCUT2D eigenvalue weighted by atomic mass is 32.2. The van der Waals surface area contributed by atoms with Gasteiger partial charge in [-0.1, -0.05) is 0 Å². The Balaban J connectivity index is 1.51. The minimum Gasteiger partial charge on any atom is -0.384 e. The zero-order chi connectivity index (χ0) is 17.7. The Morgan fingerprint density at radius 3 is 2.40 bits per heavy atom. The third-order valence-corrected chi connectivity index (χ3v) is 6.85. The third kappa shape index (κ3) is 5.18. The Hall–Kier alpha value is -1.61. The van der Waals surface area contributed by atoms with Crippen LogP contribution in [0.15, 0.2) is 40.6 Å². The summed E-state index contributed by atoms with van der Waals surface area (Å²) < 4.78 is 32.9. The molecule has 1 fully saturated rings. The molecule has 0 unspecified atom stereocenters. The van der Waals surface area contributed by atoms with Gasteiger partial charge in [-0.05, 0) is 43.3 Å². The van der Waals surface area contributed by atoms with E-state index in [1.165, 1.54) is 11.3 Å². The van der Waals surface area contributed by atoms with Gasteiger partial charge >= 0.3 is 0 Å². The highest BCUT2D eigenvalue weighted by molar-refractivity contribution is 7.94. The summed E-state index contributed by atoms with van der Waals surface area (Å²) in [6, 6.07) is 10.8. The number of hydrogen-bond acceptors (Lipinski definition) is 6. The van der Waals surface area contributed by atoms with E-state index in [0.717, 1.165) is 50.0 Å². The number of nitrogens with zero attached hydrogens (tertiary/aromatic N) is 1. The topological polar surface area (TPSA) is 70.7 Å². The summed E-state index contributed by atoms with van der Waals surface area (Å²) >= 11 is 1.27. The molecule has 1 aliphatic rings. The molecular formula is C17H23N3O3S2. The number of sulfonamides is 1. The van der Waals surface area contributed by atoms with Crippen molar-refractivity contribution in [2.24, 2.45) is 0 Å². The van der Waals surface area contributed by atoms with Crippen molar-refractivity contribution in [3.8, 4) is 0 Å². The molecular weight excluding hydrogens is 358 g/mol. The van der Waals surface area contributed by atoms with Gasteiger partial charge in [0.2, 0.25) is 0 Å². The summed E-state index contributed by atoms with van der Waals surface area (Å²) in [5.74, 6) is 0. The summed E-state index contributed by atoms with van der Waals surface area (Å²) in [5.41, 5.74) is 1.54. The molecule has 0 atom stereocenters. The molecule has 1 aromatic carbocycles. The lowest BCUT2D eigenvalue weighted by Gasteiger charge is -2.26. The molecule has 0 aliphatic carbocycles. The average Bonchev–Trinajstić information content (AvgIpc) is 3.05. The largest absolute Gasteiger partial charge is 0.384 e. The van der Waals surface area contributed by atoms with Gasteiger partial charge in [0.05, 0.1) is 13.2 Å². The summed E-state index contributed by atoms with van der Waals surface area (Å²) in [5, 5.41) is 3.36. The lowest BCUT2D eigenvalue weighted by molar-refractivity contribution is 0.0398. The Labute approximate surface area is 152 Å². The maximum absolute atomic E-state index is 12.3. The van der Waals surface area contributed by atoms with Crippen LogP contribution < -0.4 is 10.0 Å². The van der Waals surface area contributed by atoms with Crippen LogP contribution in [0.4, 0.5) is 11.4 Å². The molecule has 2 aromatic rings. The van der Waals surface area contributed by atoms with Crippen molar-refractivity contribution in [3.05, 3.63) is 41.3 Å². The monoisotopic (exact) mass is 381 g/mol. The van der Waals surface area contributed by atoms with Crippen LogP contribution in [-0.4, -0.2) is 52.7 Å². The number of morpholine rings is 1. The van der Waals surface area contributed by atoms with E-state index in [2.05, 4.69) is 14.9 Å². The normalized spacial score (nSPS) is 15.9. The molecule has 2 N–H and O–H groups in total. The molecule has 3 rings (SSSR count). The third-order valence-electron chi connectivity index (χ3n) is 3.98. The van der Waals surface area contributed by atoms with Crippen LogP contribution in [0.3, 0.4) is 0 Å². The minimum atomic E-state index is -3.51. The zero-order valence-corrected chi connectivity index (χ0v) is 15.8. The Bertz CT molecular complexity index is 782. The lowest BCUT2D eigenvalue weighted by Crippen LogP contribution is -2.38. The molecule has 0 radical (unpaired) electrons. The van der Waals surface area contributed by atoms with Gasteiger partial charge in [-0.3, -0.25) is 9.62 Å². The number of nitrogens with one attached hydrogen (secondary N) is 2. The maximum atomic E-state index is 12.3. The van der Waals surface area contributed by atoms with Crippen LogP contribution in [0.2, 0.25) is 0 Å². The summed E-state index contributed by atoms with van der Waals surface area (Å²) in [6.45, 7) is 7.27. The highest BCUT2D eigenvalue weighted by Gasteiger charge is 2.16. The van der Waals surface area contributed by atoms with E-state index in [1.54, 1.807) is 24.3 Å². The lowest BCUT2D eigenvalue weighted by atomic mass is 10.3. The Morgan fingerprint density at radius 2 is 1.76 bits per heavy atom. The van der Waals surface area contributed by atoms with Crippen LogP contribution >= 0.6 is 11.3 Å². The van der Waals surface area contributed by atoms with E-state index in [1.807, 2.05) is 19.1 Å². The van der Waals surface area contributed by atoms with Gasteiger partial charge in [0.25, 0.3) is 10.0 Å². The molecule has 1 aliphatic heterocycles. The first-order valence-corrected chi connectivity index (χ1v) is 10.6. The van der Waals surface area contributed by atoms with E-state index in [9.17, 15) is 8.42 Å². The summed E-state index contributed by atoms with van der Waals surface area (Å²) in [7, 11) is -3.51.